The third kappa shape index (κ3) is 2.84. The summed E-state index contributed by atoms with van der Waals surface area (Å²) in [6.45, 7) is 1.12. The molecule has 2 aliphatic carbocycles. The number of carbonyl (C=O) groups is 1. The number of phenolic OH excluding ortho intramolecular Hbond substituents is 1. The van der Waals surface area contributed by atoms with Gasteiger partial charge in [-0.3, -0.25) is 4.79 Å². The number of aliphatic hydroxyl groups is 5. The van der Waals surface area contributed by atoms with Crippen molar-refractivity contribution in [2.24, 2.45) is 5.92 Å². The number of rotatable bonds is 3. The number of benzene rings is 1. The first-order chi connectivity index (χ1) is 17.0. The highest BCUT2D eigenvalue weighted by Crippen LogP contribution is 2.64. The first-order valence-electron chi connectivity index (χ1n) is 12.2. The number of esters is 1. The highest BCUT2D eigenvalue weighted by Gasteiger charge is 2.66. The summed E-state index contributed by atoms with van der Waals surface area (Å²) in [5, 5.41) is 66.2. The van der Waals surface area contributed by atoms with E-state index in [2.05, 4.69) is 4.90 Å². The fourth-order valence-electron chi connectivity index (χ4n) is 7.38. The average Bonchev–Trinajstić information content (AvgIpc) is 3.20. The maximum atomic E-state index is 12.0. The molecule has 3 aliphatic heterocycles. The summed E-state index contributed by atoms with van der Waals surface area (Å²) in [4.78, 5) is 13.9. The van der Waals surface area contributed by atoms with Gasteiger partial charge >= 0.3 is 5.97 Å². The van der Waals surface area contributed by atoms with Crippen molar-refractivity contribution in [1.29, 1.82) is 0 Å². The summed E-state index contributed by atoms with van der Waals surface area (Å²) < 4.78 is 16.7. The van der Waals surface area contributed by atoms with Crippen molar-refractivity contribution in [2.75, 3.05) is 20.2 Å². The molecule has 0 amide bonds. The minimum Gasteiger partial charge on any atom is -0.504 e. The lowest BCUT2D eigenvalue weighted by atomic mass is 9.52. The highest BCUT2D eigenvalue weighted by molar-refractivity contribution is 5.67. The predicted octanol–water partition coefficient (Wildman–Crippen LogP) is -1.61. The van der Waals surface area contributed by atoms with Crippen LogP contribution in [-0.2, 0) is 31.7 Å². The van der Waals surface area contributed by atoms with Gasteiger partial charge in [0, 0.05) is 29.9 Å². The summed E-state index contributed by atoms with van der Waals surface area (Å²) in [6, 6.07) is 1.21. The number of hydrogen-bond donors (Lipinski definition) is 6. The number of ether oxygens (including phenoxy) is 3. The third-order valence-electron chi connectivity index (χ3n) is 8.99. The number of likely N-dealkylation sites (N-methyl/N-ethyl adjacent to an activating group) is 1. The van der Waals surface area contributed by atoms with Crippen molar-refractivity contribution in [3.63, 3.8) is 0 Å². The standard InChI is InChI=1S/C25H31NO10/c1-10(28)34-23-21(32)25(33,20(31)17(9-27)35-23)13-8-16(30)19-18-11(13)7-14-12-3-4-15(29)22(36-19)24(12,18)5-6-26(14)2/h3-4,8,12,14-15,17,20-23,27,29-33H,5-7,9H2,1-2H3/t12-,14+,15-,17+,20+,21-,22-,23+,24-,25-/m0/s1. The lowest BCUT2D eigenvalue weighted by Crippen LogP contribution is -2.67. The molecule has 2 bridgehead atoms. The number of aromatic hydroxyl groups is 1. The van der Waals surface area contributed by atoms with Gasteiger partial charge in [-0.05, 0) is 43.6 Å². The van der Waals surface area contributed by atoms with Crippen LogP contribution < -0.4 is 4.74 Å². The molecule has 0 unspecified atom stereocenters. The maximum Gasteiger partial charge on any atom is 0.305 e. The first-order valence-corrected chi connectivity index (χ1v) is 12.2. The molecule has 3 heterocycles. The van der Waals surface area contributed by atoms with Crippen LogP contribution >= 0.6 is 0 Å². The van der Waals surface area contributed by atoms with Crippen LogP contribution in [0.25, 0.3) is 0 Å². The molecule has 2 saturated heterocycles. The minimum atomic E-state index is -2.47. The van der Waals surface area contributed by atoms with Crippen LogP contribution in [0.3, 0.4) is 0 Å². The zero-order valence-electron chi connectivity index (χ0n) is 19.9. The van der Waals surface area contributed by atoms with Gasteiger partial charge in [0.15, 0.2) is 23.2 Å². The molecule has 2 fully saturated rings. The van der Waals surface area contributed by atoms with E-state index in [1.54, 1.807) is 6.08 Å². The second kappa shape index (κ2) is 7.87. The SMILES string of the molecule is CC(=O)O[C@@H]1O[C@H](CO)[C@@H](O)[C@@](O)(c2cc(O)c3c4c2C[C@@H]2[C@@H]5C=C[C@H](O)[C@H](O3)[C@]45CCN2C)[C@H]1O. The number of phenols is 1. The van der Waals surface area contributed by atoms with Crippen molar-refractivity contribution in [3.8, 4) is 11.5 Å². The molecule has 0 aromatic heterocycles. The molecule has 1 aromatic carbocycles. The smallest absolute Gasteiger partial charge is 0.305 e. The van der Waals surface area contributed by atoms with Crippen molar-refractivity contribution in [2.45, 2.75) is 73.6 Å². The Morgan fingerprint density at radius 3 is 2.69 bits per heavy atom. The number of nitrogens with zero attached hydrogens (tertiary/aromatic N) is 1. The quantitative estimate of drug-likeness (QED) is 0.206. The Kier molecular flexibility index (Phi) is 5.27. The van der Waals surface area contributed by atoms with E-state index in [4.69, 9.17) is 14.2 Å². The highest BCUT2D eigenvalue weighted by atomic mass is 16.7. The normalized spacial score (nSPS) is 44.6. The Morgan fingerprint density at radius 2 is 2.00 bits per heavy atom. The molecule has 0 saturated carbocycles. The zero-order valence-corrected chi connectivity index (χ0v) is 19.9. The van der Waals surface area contributed by atoms with Gasteiger partial charge in [-0.2, -0.15) is 0 Å². The summed E-state index contributed by atoms with van der Waals surface area (Å²) in [6.07, 6.45) is -3.60. The number of aliphatic hydroxyl groups excluding tert-OH is 4. The van der Waals surface area contributed by atoms with Crippen molar-refractivity contribution >= 4 is 5.97 Å². The second-order valence-corrected chi connectivity index (χ2v) is 10.7. The molecule has 11 heteroatoms. The summed E-state index contributed by atoms with van der Waals surface area (Å²) in [5.74, 6) is -0.889. The van der Waals surface area contributed by atoms with Gasteiger partial charge in [-0.15, -0.1) is 0 Å². The van der Waals surface area contributed by atoms with E-state index in [-0.39, 0.29) is 29.0 Å². The Labute approximate surface area is 207 Å². The Balaban J connectivity index is 1.59. The average molecular weight is 506 g/mol. The summed E-state index contributed by atoms with van der Waals surface area (Å²) in [5.41, 5.74) is -1.86. The zero-order chi connectivity index (χ0) is 25.7. The first kappa shape index (κ1) is 24.1. The van der Waals surface area contributed by atoms with Gasteiger partial charge in [0.25, 0.3) is 0 Å². The lowest BCUT2D eigenvalue weighted by Gasteiger charge is -2.57. The summed E-state index contributed by atoms with van der Waals surface area (Å²) in [7, 11) is 2.00. The van der Waals surface area contributed by atoms with E-state index < -0.39 is 60.4 Å². The van der Waals surface area contributed by atoms with E-state index in [1.165, 1.54) is 6.07 Å². The number of likely N-dealkylation sites (tertiary alicyclic amines) is 1. The molecule has 1 spiro atoms. The molecule has 10 atom stereocenters. The van der Waals surface area contributed by atoms with Crippen molar-refractivity contribution < 1.29 is 49.6 Å². The molecule has 11 nitrogen and oxygen atoms in total. The molecule has 0 radical (unpaired) electrons. The van der Waals surface area contributed by atoms with Crippen molar-refractivity contribution in [3.05, 3.63) is 34.9 Å². The fraction of sp³-hybridized carbons (Fsp3) is 0.640. The van der Waals surface area contributed by atoms with Crippen LogP contribution in [0.5, 0.6) is 11.5 Å². The largest absolute Gasteiger partial charge is 0.504 e. The van der Waals surface area contributed by atoms with Gasteiger partial charge in [0.2, 0.25) is 6.29 Å². The molecule has 5 aliphatic rings. The van der Waals surface area contributed by atoms with Crippen LogP contribution in [0.2, 0.25) is 0 Å². The molecular formula is C25H31NO10. The maximum absolute atomic E-state index is 12.0. The van der Waals surface area contributed by atoms with Gasteiger partial charge in [0.1, 0.15) is 24.4 Å². The molecule has 1 aromatic rings. The van der Waals surface area contributed by atoms with Crippen LogP contribution in [0, 0.1) is 5.92 Å². The predicted molar refractivity (Wildman–Crippen MR) is 121 cm³/mol. The van der Waals surface area contributed by atoms with E-state index >= 15 is 0 Å². The van der Waals surface area contributed by atoms with Crippen molar-refractivity contribution in [1.82, 2.24) is 4.90 Å². The van der Waals surface area contributed by atoms with E-state index in [1.807, 2.05) is 13.1 Å². The Hall–Kier alpha value is -2.25. The molecule has 6 rings (SSSR count). The topological polar surface area (TPSA) is 169 Å². The number of piperidine rings is 1. The lowest BCUT2D eigenvalue weighted by molar-refractivity contribution is -0.328. The van der Waals surface area contributed by atoms with Gasteiger partial charge < -0.3 is 49.7 Å². The molecule has 6 N–H and O–H groups in total. The van der Waals surface area contributed by atoms with E-state index in [9.17, 15) is 35.4 Å². The second-order valence-electron chi connectivity index (χ2n) is 10.7. The molecule has 36 heavy (non-hydrogen) atoms. The van der Waals surface area contributed by atoms with E-state index in [0.717, 1.165) is 13.5 Å². The van der Waals surface area contributed by atoms with Gasteiger partial charge in [-0.1, -0.05) is 12.2 Å². The Morgan fingerprint density at radius 1 is 1.25 bits per heavy atom. The number of carbonyl (C=O) groups excluding carboxylic acids is 1. The fourth-order valence-corrected chi connectivity index (χ4v) is 7.38. The third-order valence-corrected chi connectivity index (χ3v) is 8.99. The number of hydrogen-bond acceptors (Lipinski definition) is 11. The summed E-state index contributed by atoms with van der Waals surface area (Å²) >= 11 is 0. The van der Waals surface area contributed by atoms with Crippen LogP contribution in [-0.4, -0.2) is 105 Å². The monoisotopic (exact) mass is 505 g/mol. The van der Waals surface area contributed by atoms with E-state index in [0.29, 0.717) is 24.0 Å². The molecule has 196 valence electrons. The van der Waals surface area contributed by atoms with Gasteiger partial charge in [-0.25, -0.2) is 0 Å². The Bertz CT molecular complexity index is 1140. The van der Waals surface area contributed by atoms with Crippen LogP contribution in [0.4, 0.5) is 0 Å². The molecular weight excluding hydrogens is 474 g/mol. The van der Waals surface area contributed by atoms with Gasteiger partial charge in [0.05, 0.1) is 6.61 Å². The van der Waals surface area contributed by atoms with Crippen LogP contribution in [0.15, 0.2) is 18.2 Å². The minimum absolute atomic E-state index is 0.0220. The van der Waals surface area contributed by atoms with Crippen LogP contribution in [0.1, 0.15) is 30.0 Å².